The Labute approximate surface area is 173 Å². The SMILES string of the molecule is Cc1ccc(-n2nnc(C(=O)NCc3ccc(Cl)cc3)c2-c2cccnc2)cc1. The molecule has 0 aliphatic rings. The number of carbonyl (C=O) groups is 1. The minimum atomic E-state index is -0.308. The molecule has 0 aliphatic heterocycles. The molecule has 0 unspecified atom stereocenters. The molecule has 2 aromatic heterocycles. The molecular weight excluding hydrogens is 386 g/mol. The lowest BCUT2D eigenvalue weighted by Crippen LogP contribution is -2.24. The monoisotopic (exact) mass is 403 g/mol. The van der Waals surface area contributed by atoms with Crippen LogP contribution in [-0.4, -0.2) is 25.9 Å². The highest BCUT2D eigenvalue weighted by Gasteiger charge is 2.22. The van der Waals surface area contributed by atoms with Gasteiger partial charge in [-0.15, -0.1) is 5.10 Å². The maximum Gasteiger partial charge on any atom is 0.274 e. The Bertz CT molecular complexity index is 1120. The van der Waals surface area contributed by atoms with E-state index in [1.807, 2.05) is 55.5 Å². The fraction of sp³-hybridized carbons (Fsp3) is 0.0909. The van der Waals surface area contributed by atoms with Gasteiger partial charge in [0.1, 0.15) is 5.69 Å². The van der Waals surface area contributed by atoms with E-state index in [2.05, 4.69) is 20.6 Å². The molecule has 0 saturated heterocycles. The number of hydrogen-bond acceptors (Lipinski definition) is 4. The van der Waals surface area contributed by atoms with E-state index in [0.717, 1.165) is 22.4 Å². The van der Waals surface area contributed by atoms with Gasteiger partial charge >= 0.3 is 0 Å². The van der Waals surface area contributed by atoms with Crippen LogP contribution in [0, 0.1) is 6.92 Å². The van der Waals surface area contributed by atoms with Crippen molar-refractivity contribution in [2.75, 3.05) is 0 Å². The molecule has 0 atom stereocenters. The van der Waals surface area contributed by atoms with Crippen LogP contribution in [0.5, 0.6) is 0 Å². The van der Waals surface area contributed by atoms with Crippen molar-refractivity contribution in [2.45, 2.75) is 13.5 Å². The zero-order valence-corrected chi connectivity index (χ0v) is 16.5. The quantitative estimate of drug-likeness (QED) is 0.541. The normalized spacial score (nSPS) is 10.7. The lowest BCUT2D eigenvalue weighted by atomic mass is 10.1. The van der Waals surface area contributed by atoms with Gasteiger partial charge in [-0.2, -0.15) is 0 Å². The molecule has 1 amide bonds. The molecule has 0 aliphatic carbocycles. The Balaban J connectivity index is 1.68. The number of nitrogens with one attached hydrogen (secondary N) is 1. The maximum absolute atomic E-state index is 12.9. The molecule has 0 bridgehead atoms. The summed E-state index contributed by atoms with van der Waals surface area (Å²) < 4.78 is 1.66. The minimum absolute atomic E-state index is 0.243. The summed E-state index contributed by atoms with van der Waals surface area (Å²) in [5.74, 6) is -0.308. The topological polar surface area (TPSA) is 72.7 Å². The van der Waals surface area contributed by atoms with Crippen molar-refractivity contribution in [3.8, 4) is 16.9 Å². The van der Waals surface area contributed by atoms with Crippen molar-refractivity contribution >= 4 is 17.5 Å². The standard InChI is InChI=1S/C22H18ClN5O/c1-15-4-10-19(11-5-15)28-21(17-3-2-12-24-14-17)20(26-27-28)22(29)25-13-16-6-8-18(23)9-7-16/h2-12,14H,13H2,1H3,(H,25,29). The van der Waals surface area contributed by atoms with Gasteiger partial charge in [-0.05, 0) is 48.9 Å². The number of carbonyl (C=O) groups excluding carboxylic acids is 1. The zero-order valence-electron chi connectivity index (χ0n) is 15.7. The summed E-state index contributed by atoms with van der Waals surface area (Å²) in [7, 11) is 0. The summed E-state index contributed by atoms with van der Waals surface area (Å²) in [5.41, 5.74) is 4.49. The average molecular weight is 404 g/mol. The second kappa shape index (κ2) is 8.24. The highest BCUT2D eigenvalue weighted by Crippen LogP contribution is 2.25. The van der Waals surface area contributed by atoms with Gasteiger partial charge in [-0.1, -0.05) is 46.6 Å². The Morgan fingerprint density at radius 3 is 2.52 bits per heavy atom. The molecule has 0 radical (unpaired) electrons. The van der Waals surface area contributed by atoms with Gasteiger partial charge in [-0.25, -0.2) is 4.68 Å². The molecule has 0 saturated carbocycles. The van der Waals surface area contributed by atoms with Gasteiger partial charge in [-0.3, -0.25) is 9.78 Å². The van der Waals surface area contributed by atoms with Gasteiger partial charge < -0.3 is 5.32 Å². The van der Waals surface area contributed by atoms with Crippen LogP contribution >= 0.6 is 11.6 Å². The van der Waals surface area contributed by atoms with Gasteiger partial charge in [0.15, 0.2) is 5.69 Å². The van der Waals surface area contributed by atoms with Crippen molar-refractivity contribution in [3.63, 3.8) is 0 Å². The van der Waals surface area contributed by atoms with Crippen LogP contribution in [0.2, 0.25) is 5.02 Å². The zero-order chi connectivity index (χ0) is 20.2. The first-order valence-electron chi connectivity index (χ1n) is 9.07. The van der Waals surface area contributed by atoms with Crippen LogP contribution in [0.4, 0.5) is 0 Å². The third kappa shape index (κ3) is 4.17. The molecule has 6 nitrogen and oxygen atoms in total. The van der Waals surface area contributed by atoms with Gasteiger partial charge in [0.05, 0.1) is 5.69 Å². The number of amides is 1. The molecule has 4 aromatic rings. The molecule has 2 heterocycles. The Morgan fingerprint density at radius 1 is 1.07 bits per heavy atom. The highest BCUT2D eigenvalue weighted by atomic mass is 35.5. The molecule has 29 heavy (non-hydrogen) atoms. The average Bonchev–Trinajstić information content (AvgIpc) is 3.19. The molecular formula is C22H18ClN5O. The number of rotatable bonds is 5. The van der Waals surface area contributed by atoms with Crippen LogP contribution in [0.25, 0.3) is 16.9 Å². The summed E-state index contributed by atoms with van der Waals surface area (Å²) in [6.07, 6.45) is 3.38. The largest absolute Gasteiger partial charge is 0.346 e. The lowest BCUT2D eigenvalue weighted by molar-refractivity contribution is 0.0946. The molecule has 144 valence electrons. The first kappa shape index (κ1) is 18.8. The third-order valence-corrected chi connectivity index (χ3v) is 4.72. The first-order valence-corrected chi connectivity index (χ1v) is 9.45. The van der Waals surface area contributed by atoms with E-state index in [0.29, 0.717) is 17.3 Å². The summed E-state index contributed by atoms with van der Waals surface area (Å²) in [5, 5.41) is 12.0. The van der Waals surface area contributed by atoms with Crippen molar-refractivity contribution in [3.05, 3.63) is 94.9 Å². The number of aryl methyl sites for hydroxylation is 1. The number of benzene rings is 2. The van der Waals surface area contributed by atoms with E-state index >= 15 is 0 Å². The van der Waals surface area contributed by atoms with E-state index in [9.17, 15) is 4.79 Å². The number of pyridine rings is 1. The van der Waals surface area contributed by atoms with Crippen molar-refractivity contribution in [1.82, 2.24) is 25.3 Å². The summed E-state index contributed by atoms with van der Waals surface area (Å²) in [6.45, 7) is 2.38. The lowest BCUT2D eigenvalue weighted by Gasteiger charge is -2.09. The Kier molecular flexibility index (Phi) is 5.35. The van der Waals surface area contributed by atoms with E-state index in [4.69, 9.17) is 11.6 Å². The highest BCUT2D eigenvalue weighted by molar-refractivity contribution is 6.30. The van der Waals surface area contributed by atoms with Gasteiger partial charge in [0.25, 0.3) is 5.91 Å². The van der Waals surface area contributed by atoms with Gasteiger partial charge in [0.2, 0.25) is 0 Å². The number of nitrogens with zero attached hydrogens (tertiary/aromatic N) is 4. The van der Waals surface area contributed by atoms with Crippen LogP contribution in [-0.2, 0) is 6.54 Å². The van der Waals surface area contributed by atoms with Crippen LogP contribution in [0.15, 0.2) is 73.1 Å². The summed E-state index contributed by atoms with van der Waals surface area (Å²) >= 11 is 5.92. The van der Waals surface area contributed by atoms with E-state index in [1.165, 1.54) is 0 Å². The van der Waals surface area contributed by atoms with Crippen LogP contribution < -0.4 is 5.32 Å². The number of aromatic nitrogens is 4. The molecule has 1 N–H and O–H groups in total. The second-order valence-electron chi connectivity index (χ2n) is 6.58. The fourth-order valence-corrected chi connectivity index (χ4v) is 3.06. The molecule has 0 fully saturated rings. The van der Waals surface area contributed by atoms with Gasteiger partial charge in [0, 0.05) is 29.5 Å². The summed E-state index contributed by atoms with van der Waals surface area (Å²) in [4.78, 5) is 17.1. The Hall–Kier alpha value is -3.51. The van der Waals surface area contributed by atoms with Crippen LogP contribution in [0.1, 0.15) is 21.6 Å². The molecule has 2 aromatic carbocycles. The van der Waals surface area contributed by atoms with Crippen molar-refractivity contribution < 1.29 is 4.79 Å². The number of halogens is 1. The van der Waals surface area contributed by atoms with Crippen LogP contribution in [0.3, 0.4) is 0 Å². The minimum Gasteiger partial charge on any atom is -0.346 e. The van der Waals surface area contributed by atoms with E-state index in [1.54, 1.807) is 29.2 Å². The van der Waals surface area contributed by atoms with E-state index in [-0.39, 0.29) is 11.6 Å². The third-order valence-electron chi connectivity index (χ3n) is 4.47. The molecule has 0 spiro atoms. The van der Waals surface area contributed by atoms with Crippen molar-refractivity contribution in [2.24, 2.45) is 0 Å². The summed E-state index contributed by atoms with van der Waals surface area (Å²) in [6, 6.07) is 18.9. The predicted octanol–water partition coefficient (Wildman–Crippen LogP) is 4.22. The molecule has 7 heteroatoms. The van der Waals surface area contributed by atoms with E-state index < -0.39 is 0 Å². The fourth-order valence-electron chi connectivity index (χ4n) is 2.93. The smallest absolute Gasteiger partial charge is 0.274 e. The number of hydrogen-bond donors (Lipinski definition) is 1. The second-order valence-corrected chi connectivity index (χ2v) is 7.02. The van der Waals surface area contributed by atoms with Crippen molar-refractivity contribution in [1.29, 1.82) is 0 Å². The Morgan fingerprint density at radius 2 is 1.83 bits per heavy atom. The first-order chi connectivity index (χ1) is 14.1. The molecule has 4 rings (SSSR count). The maximum atomic E-state index is 12.9. The predicted molar refractivity (Wildman–Crippen MR) is 112 cm³/mol.